The maximum atomic E-state index is 9.98. The summed E-state index contributed by atoms with van der Waals surface area (Å²) in [5.74, 6) is 0.260. The maximum absolute atomic E-state index is 9.98. The molecule has 18 heavy (non-hydrogen) atoms. The van der Waals surface area contributed by atoms with Gasteiger partial charge in [0.1, 0.15) is 5.75 Å². The summed E-state index contributed by atoms with van der Waals surface area (Å²) in [5.41, 5.74) is 13.2. The number of phenols is 1. The highest BCUT2D eigenvalue weighted by Gasteiger charge is 2.12. The number of phenolic OH excluding ortho intramolecular Hbond substituents is 1. The summed E-state index contributed by atoms with van der Waals surface area (Å²) in [4.78, 5) is 2.18. The minimum Gasteiger partial charge on any atom is -0.508 e. The van der Waals surface area contributed by atoms with Crippen LogP contribution in [0, 0.1) is 0 Å². The zero-order valence-corrected chi connectivity index (χ0v) is 11.9. The SMILES string of the molecule is CCN(CC)c1ccc([C@H](N)CCN)c(O)c1.Cl. The predicted octanol–water partition coefficient (Wildman–Crippen LogP) is 2.01. The number of benzene rings is 1. The highest BCUT2D eigenvalue weighted by atomic mass is 35.5. The lowest BCUT2D eigenvalue weighted by Gasteiger charge is -2.22. The maximum Gasteiger partial charge on any atom is 0.122 e. The van der Waals surface area contributed by atoms with Crippen LogP contribution < -0.4 is 16.4 Å². The first-order valence-electron chi connectivity index (χ1n) is 6.17. The molecule has 4 nitrogen and oxygen atoms in total. The van der Waals surface area contributed by atoms with E-state index in [1.165, 1.54) is 0 Å². The quantitative estimate of drug-likeness (QED) is 0.741. The van der Waals surface area contributed by atoms with Crippen molar-refractivity contribution in [3.8, 4) is 5.75 Å². The van der Waals surface area contributed by atoms with Crippen LogP contribution in [0.3, 0.4) is 0 Å². The van der Waals surface area contributed by atoms with Gasteiger partial charge in [-0.1, -0.05) is 6.07 Å². The first kappa shape index (κ1) is 17.0. The summed E-state index contributed by atoms with van der Waals surface area (Å²) in [7, 11) is 0. The summed E-state index contributed by atoms with van der Waals surface area (Å²) in [5, 5.41) is 9.98. The zero-order valence-electron chi connectivity index (χ0n) is 11.1. The smallest absolute Gasteiger partial charge is 0.122 e. The Morgan fingerprint density at radius 1 is 1.28 bits per heavy atom. The van der Waals surface area contributed by atoms with Crippen LogP contribution in [0.15, 0.2) is 18.2 Å². The van der Waals surface area contributed by atoms with Crippen molar-refractivity contribution < 1.29 is 5.11 Å². The van der Waals surface area contributed by atoms with E-state index in [0.29, 0.717) is 13.0 Å². The van der Waals surface area contributed by atoms with Crippen molar-refractivity contribution in [1.29, 1.82) is 0 Å². The third-order valence-corrected chi connectivity index (χ3v) is 3.02. The molecule has 104 valence electrons. The molecule has 1 atom stereocenters. The van der Waals surface area contributed by atoms with E-state index in [1.807, 2.05) is 12.1 Å². The van der Waals surface area contributed by atoms with E-state index >= 15 is 0 Å². The van der Waals surface area contributed by atoms with Gasteiger partial charge in [-0.2, -0.15) is 0 Å². The first-order chi connectivity index (χ1) is 8.13. The second kappa shape index (κ2) is 8.19. The number of hydrogen-bond acceptors (Lipinski definition) is 4. The van der Waals surface area contributed by atoms with Crippen molar-refractivity contribution in [3.63, 3.8) is 0 Å². The van der Waals surface area contributed by atoms with Crippen LogP contribution in [0.1, 0.15) is 31.9 Å². The highest BCUT2D eigenvalue weighted by molar-refractivity contribution is 5.85. The summed E-state index contributed by atoms with van der Waals surface area (Å²) >= 11 is 0. The van der Waals surface area contributed by atoms with E-state index in [2.05, 4.69) is 18.7 Å². The molecular weight excluding hydrogens is 250 g/mol. The van der Waals surface area contributed by atoms with Gasteiger partial charge in [0.05, 0.1) is 0 Å². The number of rotatable bonds is 6. The van der Waals surface area contributed by atoms with Crippen LogP contribution in [0.2, 0.25) is 0 Å². The van der Waals surface area contributed by atoms with Gasteiger partial charge in [-0.15, -0.1) is 12.4 Å². The Balaban J connectivity index is 0.00000289. The minimum absolute atomic E-state index is 0. The standard InChI is InChI=1S/C13H23N3O.ClH/c1-3-16(4-2)10-5-6-11(13(17)9-10)12(15)7-8-14;/h5-6,9,12,17H,3-4,7-8,14-15H2,1-2H3;1H/t12-;/m1./s1. The number of aromatic hydroxyl groups is 1. The lowest BCUT2D eigenvalue weighted by atomic mass is 10.0. The topological polar surface area (TPSA) is 75.5 Å². The van der Waals surface area contributed by atoms with Crippen molar-refractivity contribution >= 4 is 18.1 Å². The van der Waals surface area contributed by atoms with Crippen molar-refractivity contribution in [2.75, 3.05) is 24.5 Å². The molecule has 5 N–H and O–H groups in total. The van der Waals surface area contributed by atoms with Crippen LogP contribution in [-0.2, 0) is 0 Å². The largest absolute Gasteiger partial charge is 0.508 e. The van der Waals surface area contributed by atoms with Gasteiger partial charge in [0.15, 0.2) is 0 Å². The molecule has 0 radical (unpaired) electrons. The van der Waals surface area contributed by atoms with E-state index in [1.54, 1.807) is 6.07 Å². The van der Waals surface area contributed by atoms with Crippen molar-refractivity contribution in [3.05, 3.63) is 23.8 Å². The molecule has 0 bridgehead atoms. The number of nitrogens with zero attached hydrogens (tertiary/aromatic N) is 1. The Kier molecular flexibility index (Phi) is 7.75. The molecule has 0 unspecified atom stereocenters. The number of anilines is 1. The van der Waals surface area contributed by atoms with Gasteiger partial charge in [-0.3, -0.25) is 0 Å². The van der Waals surface area contributed by atoms with Crippen LogP contribution in [-0.4, -0.2) is 24.7 Å². The summed E-state index contributed by atoms with van der Waals surface area (Å²) in [6.45, 7) is 6.55. The monoisotopic (exact) mass is 273 g/mol. The van der Waals surface area contributed by atoms with Crippen LogP contribution >= 0.6 is 12.4 Å². The zero-order chi connectivity index (χ0) is 12.8. The average molecular weight is 274 g/mol. The fourth-order valence-electron chi connectivity index (χ4n) is 1.97. The Morgan fingerprint density at radius 2 is 1.89 bits per heavy atom. The van der Waals surface area contributed by atoms with Gasteiger partial charge in [0, 0.05) is 36.4 Å². The Morgan fingerprint density at radius 3 is 2.33 bits per heavy atom. The van der Waals surface area contributed by atoms with Gasteiger partial charge in [-0.25, -0.2) is 0 Å². The molecule has 0 aliphatic carbocycles. The molecule has 5 heteroatoms. The first-order valence-corrected chi connectivity index (χ1v) is 6.17. The number of nitrogens with two attached hydrogens (primary N) is 2. The molecular formula is C13H24ClN3O. The second-order valence-electron chi connectivity index (χ2n) is 4.10. The van der Waals surface area contributed by atoms with Crippen molar-refractivity contribution in [2.24, 2.45) is 11.5 Å². The van der Waals surface area contributed by atoms with Crippen molar-refractivity contribution in [2.45, 2.75) is 26.3 Å². The van der Waals surface area contributed by atoms with E-state index in [-0.39, 0.29) is 24.2 Å². The summed E-state index contributed by atoms with van der Waals surface area (Å²) in [6.07, 6.45) is 0.679. The van der Waals surface area contributed by atoms with Gasteiger partial charge in [0.2, 0.25) is 0 Å². The second-order valence-corrected chi connectivity index (χ2v) is 4.10. The molecule has 0 spiro atoms. The van der Waals surface area contributed by atoms with Crippen LogP contribution in [0.4, 0.5) is 5.69 Å². The van der Waals surface area contributed by atoms with E-state index in [9.17, 15) is 5.11 Å². The van der Waals surface area contributed by atoms with Gasteiger partial charge >= 0.3 is 0 Å². The van der Waals surface area contributed by atoms with Gasteiger partial charge < -0.3 is 21.5 Å². The number of halogens is 1. The molecule has 0 heterocycles. The fourth-order valence-corrected chi connectivity index (χ4v) is 1.97. The lowest BCUT2D eigenvalue weighted by Crippen LogP contribution is -2.22. The fraction of sp³-hybridized carbons (Fsp3) is 0.538. The summed E-state index contributed by atoms with van der Waals surface area (Å²) in [6, 6.07) is 5.48. The molecule has 1 aromatic carbocycles. The molecule has 1 aromatic rings. The molecule has 0 aromatic heterocycles. The molecule has 1 rings (SSSR count). The van der Waals surface area contributed by atoms with Crippen molar-refractivity contribution in [1.82, 2.24) is 0 Å². The molecule has 0 amide bonds. The molecule has 0 fully saturated rings. The van der Waals surface area contributed by atoms with Crippen LogP contribution in [0.25, 0.3) is 0 Å². The Bertz CT molecular complexity index is 356. The minimum atomic E-state index is -0.189. The predicted molar refractivity (Wildman–Crippen MR) is 79.5 cm³/mol. The van der Waals surface area contributed by atoms with E-state index in [4.69, 9.17) is 11.5 Å². The molecule has 0 saturated heterocycles. The average Bonchev–Trinajstić information content (AvgIpc) is 2.31. The third kappa shape index (κ3) is 4.05. The van der Waals surface area contributed by atoms with Gasteiger partial charge in [-0.05, 0) is 32.9 Å². The Hall–Kier alpha value is -0.970. The Labute approximate surface area is 115 Å². The molecule has 0 saturated carbocycles. The lowest BCUT2D eigenvalue weighted by molar-refractivity contribution is 0.459. The van der Waals surface area contributed by atoms with E-state index in [0.717, 1.165) is 24.3 Å². The molecule has 0 aliphatic heterocycles. The highest BCUT2D eigenvalue weighted by Crippen LogP contribution is 2.29. The molecule has 0 aliphatic rings. The normalized spacial score (nSPS) is 11.8. The van der Waals surface area contributed by atoms with E-state index < -0.39 is 0 Å². The van der Waals surface area contributed by atoms with Gasteiger partial charge in [0.25, 0.3) is 0 Å². The summed E-state index contributed by atoms with van der Waals surface area (Å²) < 4.78 is 0. The number of hydrogen-bond donors (Lipinski definition) is 3. The third-order valence-electron chi connectivity index (χ3n) is 3.02. The van der Waals surface area contributed by atoms with Crippen LogP contribution in [0.5, 0.6) is 5.75 Å².